The summed E-state index contributed by atoms with van der Waals surface area (Å²) in [6.45, 7) is 5.33. The van der Waals surface area contributed by atoms with Gasteiger partial charge in [0.15, 0.2) is 0 Å². The molecular weight excluding hydrogens is 376 g/mol. The minimum atomic E-state index is -1.12. The average Bonchev–Trinajstić information content (AvgIpc) is 3.10. The third-order valence-electron chi connectivity index (χ3n) is 3.56. The fourth-order valence-electron chi connectivity index (χ4n) is 2.47. The molecule has 0 saturated carbocycles. The Morgan fingerprint density at radius 2 is 1.90 bits per heavy atom. The Morgan fingerprint density at radius 1 is 1.10 bits per heavy atom. The predicted molar refractivity (Wildman–Crippen MR) is 105 cm³/mol. The van der Waals surface area contributed by atoms with Crippen molar-refractivity contribution in [3.8, 4) is 23.0 Å². The summed E-state index contributed by atoms with van der Waals surface area (Å²) in [5.74, 6) is 0.652. The number of hydrogen-bond donors (Lipinski definition) is 2. The van der Waals surface area contributed by atoms with Gasteiger partial charge >= 0.3 is 12.2 Å². The van der Waals surface area contributed by atoms with Crippen molar-refractivity contribution in [2.24, 2.45) is 0 Å². The monoisotopic (exact) mass is 396 g/mol. The summed E-state index contributed by atoms with van der Waals surface area (Å²) in [6.07, 6.45) is 1.01. The van der Waals surface area contributed by atoms with Gasteiger partial charge in [-0.2, -0.15) is 0 Å². The zero-order chi connectivity index (χ0) is 21.0. The zero-order valence-corrected chi connectivity index (χ0v) is 16.1. The van der Waals surface area contributed by atoms with E-state index < -0.39 is 17.8 Å². The number of carbonyl (C=O) groups excluding carboxylic acids is 1. The van der Waals surface area contributed by atoms with E-state index in [9.17, 15) is 14.7 Å². The minimum Gasteiger partial charge on any atom is -0.464 e. The van der Waals surface area contributed by atoms with Gasteiger partial charge in [0.25, 0.3) is 0 Å². The number of ether oxygens (including phenoxy) is 2. The molecule has 9 heteroatoms. The Labute approximate surface area is 166 Å². The molecule has 0 aliphatic carbocycles. The SMILES string of the molecule is CC(C)(C)OC(=O)Nc1cccc(Oc2cc(-c3cccn3C(=O)O)ncn2)c1. The molecule has 0 aliphatic rings. The van der Waals surface area contributed by atoms with Crippen molar-refractivity contribution in [1.29, 1.82) is 0 Å². The maximum absolute atomic E-state index is 11.9. The number of carbonyl (C=O) groups is 2. The van der Waals surface area contributed by atoms with E-state index in [1.165, 1.54) is 18.6 Å². The van der Waals surface area contributed by atoms with Crippen LogP contribution >= 0.6 is 0 Å². The van der Waals surface area contributed by atoms with Gasteiger partial charge in [0.2, 0.25) is 5.88 Å². The van der Waals surface area contributed by atoms with Crippen molar-refractivity contribution in [3.05, 3.63) is 55.0 Å². The highest BCUT2D eigenvalue weighted by molar-refractivity contribution is 5.85. The molecule has 2 aromatic heterocycles. The smallest absolute Gasteiger partial charge is 0.416 e. The second kappa shape index (κ2) is 8.01. The first-order valence-corrected chi connectivity index (χ1v) is 8.72. The molecule has 0 fully saturated rings. The molecule has 0 unspecified atom stereocenters. The van der Waals surface area contributed by atoms with Crippen LogP contribution < -0.4 is 10.1 Å². The molecule has 0 saturated heterocycles. The number of rotatable bonds is 4. The van der Waals surface area contributed by atoms with Gasteiger partial charge in [-0.05, 0) is 45.0 Å². The Kier molecular flexibility index (Phi) is 5.49. The number of nitrogens with zero attached hydrogens (tertiary/aromatic N) is 3. The number of benzene rings is 1. The van der Waals surface area contributed by atoms with Crippen molar-refractivity contribution in [2.45, 2.75) is 26.4 Å². The van der Waals surface area contributed by atoms with Crippen molar-refractivity contribution in [1.82, 2.24) is 14.5 Å². The van der Waals surface area contributed by atoms with Crippen LogP contribution in [0.1, 0.15) is 20.8 Å². The highest BCUT2D eigenvalue weighted by Crippen LogP contribution is 2.26. The topological polar surface area (TPSA) is 116 Å². The van der Waals surface area contributed by atoms with E-state index in [1.54, 1.807) is 57.2 Å². The van der Waals surface area contributed by atoms with Crippen LogP contribution in [-0.4, -0.2) is 37.4 Å². The normalized spacial score (nSPS) is 11.0. The lowest BCUT2D eigenvalue weighted by molar-refractivity contribution is 0.0636. The van der Waals surface area contributed by atoms with E-state index in [0.717, 1.165) is 4.57 Å². The lowest BCUT2D eigenvalue weighted by Gasteiger charge is -2.19. The van der Waals surface area contributed by atoms with Crippen LogP contribution in [0.3, 0.4) is 0 Å². The van der Waals surface area contributed by atoms with Crippen LogP contribution in [0, 0.1) is 0 Å². The Hall–Kier alpha value is -3.88. The minimum absolute atomic E-state index is 0.225. The highest BCUT2D eigenvalue weighted by atomic mass is 16.6. The molecule has 150 valence electrons. The molecule has 1 aromatic carbocycles. The summed E-state index contributed by atoms with van der Waals surface area (Å²) >= 11 is 0. The van der Waals surface area contributed by atoms with Gasteiger partial charge in [-0.3, -0.25) is 9.88 Å². The Bertz CT molecular complexity index is 1040. The summed E-state index contributed by atoms with van der Waals surface area (Å²) < 4.78 is 12.0. The fourth-order valence-corrected chi connectivity index (χ4v) is 2.47. The van der Waals surface area contributed by atoms with E-state index in [4.69, 9.17) is 9.47 Å². The molecule has 3 aromatic rings. The van der Waals surface area contributed by atoms with Gasteiger partial charge in [-0.25, -0.2) is 19.6 Å². The zero-order valence-electron chi connectivity index (χ0n) is 16.1. The molecule has 0 spiro atoms. The molecule has 0 radical (unpaired) electrons. The van der Waals surface area contributed by atoms with Crippen LogP contribution in [0.4, 0.5) is 15.3 Å². The molecule has 2 N–H and O–H groups in total. The molecule has 9 nitrogen and oxygen atoms in total. The lowest BCUT2D eigenvalue weighted by atomic mass is 10.2. The maximum Gasteiger partial charge on any atom is 0.416 e. The number of amides is 1. The Morgan fingerprint density at radius 3 is 2.62 bits per heavy atom. The van der Waals surface area contributed by atoms with E-state index >= 15 is 0 Å². The molecule has 0 aliphatic heterocycles. The second-order valence-electron chi connectivity index (χ2n) is 7.04. The van der Waals surface area contributed by atoms with Crippen LogP contribution in [0.15, 0.2) is 55.0 Å². The largest absolute Gasteiger partial charge is 0.464 e. The van der Waals surface area contributed by atoms with Crippen molar-refractivity contribution < 1.29 is 24.2 Å². The van der Waals surface area contributed by atoms with Crippen molar-refractivity contribution >= 4 is 17.9 Å². The van der Waals surface area contributed by atoms with Crippen LogP contribution in [0.2, 0.25) is 0 Å². The van der Waals surface area contributed by atoms with Gasteiger partial charge < -0.3 is 14.6 Å². The standard InChI is InChI=1S/C20H20N4O5/c1-20(2,3)29-18(25)23-13-6-4-7-14(10-13)28-17-11-15(21-12-22-17)16-8-5-9-24(16)19(26)27/h4-12H,1-3H3,(H,23,25)(H,26,27). The maximum atomic E-state index is 11.9. The number of aromatic nitrogens is 3. The van der Waals surface area contributed by atoms with E-state index in [1.807, 2.05) is 0 Å². The van der Waals surface area contributed by atoms with Gasteiger partial charge in [-0.1, -0.05) is 6.07 Å². The number of hydrogen-bond acceptors (Lipinski definition) is 6. The van der Waals surface area contributed by atoms with Gasteiger partial charge in [0, 0.05) is 24.0 Å². The predicted octanol–water partition coefficient (Wildman–Crippen LogP) is 4.61. The van der Waals surface area contributed by atoms with Crippen LogP contribution in [-0.2, 0) is 4.74 Å². The molecule has 3 rings (SSSR count). The summed E-state index contributed by atoms with van der Waals surface area (Å²) in [5.41, 5.74) is 0.671. The molecule has 0 atom stereocenters. The van der Waals surface area contributed by atoms with Gasteiger partial charge in [0.05, 0.1) is 11.4 Å². The third kappa shape index (κ3) is 5.32. The molecule has 29 heavy (non-hydrogen) atoms. The molecule has 2 heterocycles. The molecule has 0 bridgehead atoms. The van der Waals surface area contributed by atoms with Gasteiger partial charge in [0.1, 0.15) is 17.7 Å². The lowest BCUT2D eigenvalue weighted by Crippen LogP contribution is -2.27. The van der Waals surface area contributed by atoms with E-state index in [2.05, 4.69) is 15.3 Å². The number of carboxylic acid groups (broad SMARTS) is 1. The highest BCUT2D eigenvalue weighted by Gasteiger charge is 2.16. The summed E-state index contributed by atoms with van der Waals surface area (Å²) in [6, 6.07) is 11.5. The fraction of sp³-hybridized carbons (Fsp3) is 0.200. The molecule has 1 amide bonds. The first-order valence-electron chi connectivity index (χ1n) is 8.72. The average molecular weight is 396 g/mol. The first kappa shape index (κ1) is 19.9. The molecular formula is C20H20N4O5. The second-order valence-corrected chi connectivity index (χ2v) is 7.04. The summed E-state index contributed by atoms with van der Waals surface area (Å²) in [4.78, 5) is 31.4. The Balaban J connectivity index is 1.76. The van der Waals surface area contributed by atoms with Crippen LogP contribution in [0.5, 0.6) is 11.6 Å². The number of anilines is 1. The summed E-state index contributed by atoms with van der Waals surface area (Å²) in [5, 5.41) is 11.9. The first-order chi connectivity index (χ1) is 13.7. The van der Waals surface area contributed by atoms with Gasteiger partial charge in [-0.15, -0.1) is 0 Å². The van der Waals surface area contributed by atoms with E-state index in [0.29, 0.717) is 22.8 Å². The van der Waals surface area contributed by atoms with Crippen LogP contribution in [0.25, 0.3) is 11.4 Å². The summed E-state index contributed by atoms with van der Waals surface area (Å²) in [7, 11) is 0. The quantitative estimate of drug-likeness (QED) is 0.661. The number of nitrogens with one attached hydrogen (secondary N) is 1. The van der Waals surface area contributed by atoms with Crippen molar-refractivity contribution in [3.63, 3.8) is 0 Å². The third-order valence-corrected chi connectivity index (χ3v) is 3.56. The van der Waals surface area contributed by atoms with E-state index in [-0.39, 0.29) is 5.88 Å². The van der Waals surface area contributed by atoms with Crippen molar-refractivity contribution in [2.75, 3.05) is 5.32 Å².